The molecule has 0 aromatic heterocycles. The van der Waals surface area contributed by atoms with Crippen LogP contribution in [0.2, 0.25) is 0 Å². The van der Waals surface area contributed by atoms with E-state index in [9.17, 15) is 0 Å². The highest BCUT2D eigenvalue weighted by atomic mass is 16.4. The third kappa shape index (κ3) is 4.46. The highest BCUT2D eigenvalue weighted by Gasteiger charge is 2.23. The minimum absolute atomic E-state index is 0.335. The van der Waals surface area contributed by atoms with Crippen molar-refractivity contribution in [3.8, 4) is 0 Å². The smallest absolute Gasteiger partial charge is 0.140 e. The van der Waals surface area contributed by atoms with Crippen molar-refractivity contribution >= 4 is 5.84 Å². The molecule has 0 radical (unpaired) electrons. The van der Waals surface area contributed by atoms with Crippen LogP contribution < -0.4 is 5.73 Å². The van der Waals surface area contributed by atoms with Crippen LogP contribution in [0.5, 0.6) is 0 Å². The number of nitrogens with zero attached hydrogens (tertiary/aromatic N) is 2. The molecule has 0 heterocycles. The molecule has 0 spiro atoms. The molecule has 0 unspecified atom stereocenters. The van der Waals surface area contributed by atoms with E-state index in [1.165, 1.54) is 25.8 Å². The summed E-state index contributed by atoms with van der Waals surface area (Å²) in [7, 11) is 0. The second-order valence-corrected chi connectivity index (χ2v) is 4.09. The SMILES string of the molecule is CCCN(CCC(N)=NO)CC1CC1. The van der Waals surface area contributed by atoms with Crippen LogP contribution in [0, 0.1) is 5.92 Å². The Labute approximate surface area is 85.8 Å². The summed E-state index contributed by atoms with van der Waals surface area (Å²) in [5.74, 6) is 1.25. The van der Waals surface area contributed by atoms with Gasteiger partial charge in [0.2, 0.25) is 0 Å². The van der Waals surface area contributed by atoms with E-state index < -0.39 is 0 Å². The van der Waals surface area contributed by atoms with Crippen LogP contribution in [0.1, 0.15) is 32.6 Å². The van der Waals surface area contributed by atoms with Gasteiger partial charge in [0.05, 0.1) is 0 Å². The van der Waals surface area contributed by atoms with Gasteiger partial charge in [-0.25, -0.2) is 0 Å². The van der Waals surface area contributed by atoms with E-state index in [-0.39, 0.29) is 0 Å². The number of nitrogens with two attached hydrogens (primary N) is 1. The molecule has 14 heavy (non-hydrogen) atoms. The van der Waals surface area contributed by atoms with Crippen LogP contribution in [-0.2, 0) is 0 Å². The molecule has 0 saturated heterocycles. The van der Waals surface area contributed by atoms with Crippen molar-refractivity contribution in [2.24, 2.45) is 16.8 Å². The van der Waals surface area contributed by atoms with Crippen LogP contribution in [0.15, 0.2) is 5.16 Å². The molecule has 0 atom stereocenters. The highest BCUT2D eigenvalue weighted by molar-refractivity contribution is 5.79. The Morgan fingerprint density at radius 3 is 2.71 bits per heavy atom. The quantitative estimate of drug-likeness (QED) is 0.281. The first-order valence-electron chi connectivity index (χ1n) is 5.45. The molecule has 0 bridgehead atoms. The second kappa shape index (κ2) is 5.86. The molecule has 3 N–H and O–H groups in total. The van der Waals surface area contributed by atoms with E-state index in [2.05, 4.69) is 17.0 Å². The van der Waals surface area contributed by atoms with Crippen molar-refractivity contribution in [2.75, 3.05) is 19.6 Å². The maximum atomic E-state index is 8.42. The summed E-state index contributed by atoms with van der Waals surface area (Å²) in [4.78, 5) is 2.41. The van der Waals surface area contributed by atoms with Crippen LogP contribution in [0.25, 0.3) is 0 Å². The maximum absolute atomic E-state index is 8.42. The Bertz CT molecular complexity index is 190. The van der Waals surface area contributed by atoms with Gasteiger partial charge in [-0.1, -0.05) is 12.1 Å². The molecule has 0 aliphatic heterocycles. The zero-order valence-corrected chi connectivity index (χ0v) is 8.95. The lowest BCUT2D eigenvalue weighted by atomic mass is 10.3. The van der Waals surface area contributed by atoms with Gasteiger partial charge in [0.1, 0.15) is 5.84 Å². The average molecular weight is 199 g/mol. The summed E-state index contributed by atoms with van der Waals surface area (Å²) in [5.41, 5.74) is 5.44. The third-order valence-electron chi connectivity index (χ3n) is 2.57. The molecule has 0 aromatic rings. The van der Waals surface area contributed by atoms with E-state index in [0.29, 0.717) is 12.3 Å². The largest absolute Gasteiger partial charge is 0.409 e. The van der Waals surface area contributed by atoms with Gasteiger partial charge in [0.15, 0.2) is 0 Å². The fourth-order valence-electron chi connectivity index (χ4n) is 1.60. The number of hydrogen-bond acceptors (Lipinski definition) is 3. The predicted molar refractivity (Wildman–Crippen MR) is 57.5 cm³/mol. The summed E-state index contributed by atoms with van der Waals surface area (Å²) in [6, 6.07) is 0. The standard InChI is InChI=1S/C10H21N3O/c1-2-6-13(8-9-3-4-9)7-5-10(11)12-14/h9,14H,2-8H2,1H3,(H2,11,12). The van der Waals surface area contributed by atoms with Gasteiger partial charge in [0, 0.05) is 19.5 Å². The lowest BCUT2D eigenvalue weighted by Gasteiger charge is -2.20. The van der Waals surface area contributed by atoms with Gasteiger partial charge in [0.25, 0.3) is 0 Å². The van der Waals surface area contributed by atoms with E-state index in [4.69, 9.17) is 10.9 Å². The van der Waals surface area contributed by atoms with Crippen molar-refractivity contribution in [3.05, 3.63) is 0 Å². The Kier molecular flexibility index (Phi) is 4.73. The summed E-state index contributed by atoms with van der Waals surface area (Å²) < 4.78 is 0. The zero-order valence-electron chi connectivity index (χ0n) is 8.95. The van der Waals surface area contributed by atoms with Crippen molar-refractivity contribution in [1.29, 1.82) is 0 Å². The molecular formula is C10H21N3O. The molecule has 1 saturated carbocycles. The van der Waals surface area contributed by atoms with Gasteiger partial charge in [-0.15, -0.1) is 0 Å². The van der Waals surface area contributed by atoms with E-state index in [1.54, 1.807) is 0 Å². The first kappa shape index (κ1) is 11.3. The molecule has 0 aromatic carbocycles. The molecule has 82 valence electrons. The summed E-state index contributed by atoms with van der Waals surface area (Å²) >= 11 is 0. The molecule has 1 aliphatic carbocycles. The fourth-order valence-corrected chi connectivity index (χ4v) is 1.60. The second-order valence-electron chi connectivity index (χ2n) is 4.09. The first-order valence-corrected chi connectivity index (χ1v) is 5.45. The third-order valence-corrected chi connectivity index (χ3v) is 2.57. The average Bonchev–Trinajstić information content (AvgIpc) is 2.98. The maximum Gasteiger partial charge on any atom is 0.140 e. The molecule has 4 nitrogen and oxygen atoms in total. The Morgan fingerprint density at radius 1 is 1.50 bits per heavy atom. The van der Waals surface area contributed by atoms with Gasteiger partial charge >= 0.3 is 0 Å². The Hall–Kier alpha value is -0.770. The van der Waals surface area contributed by atoms with Crippen LogP contribution in [0.4, 0.5) is 0 Å². The van der Waals surface area contributed by atoms with E-state index in [1.807, 2.05) is 0 Å². The van der Waals surface area contributed by atoms with E-state index >= 15 is 0 Å². The highest BCUT2D eigenvalue weighted by Crippen LogP contribution is 2.29. The molecule has 4 heteroatoms. The van der Waals surface area contributed by atoms with Gasteiger partial charge in [-0.3, -0.25) is 0 Å². The molecule has 1 aliphatic rings. The van der Waals surface area contributed by atoms with Crippen LogP contribution >= 0.6 is 0 Å². The molecular weight excluding hydrogens is 178 g/mol. The van der Waals surface area contributed by atoms with E-state index in [0.717, 1.165) is 19.0 Å². The molecule has 0 amide bonds. The fraction of sp³-hybridized carbons (Fsp3) is 0.900. The van der Waals surface area contributed by atoms with Gasteiger partial charge in [-0.05, 0) is 31.7 Å². The minimum Gasteiger partial charge on any atom is -0.409 e. The van der Waals surface area contributed by atoms with Crippen LogP contribution in [-0.4, -0.2) is 35.6 Å². The summed E-state index contributed by atoms with van der Waals surface area (Å²) in [6.45, 7) is 5.41. The summed E-state index contributed by atoms with van der Waals surface area (Å²) in [5, 5.41) is 11.4. The number of rotatable bonds is 7. The lowest BCUT2D eigenvalue weighted by molar-refractivity contribution is 0.267. The lowest BCUT2D eigenvalue weighted by Crippen LogP contribution is -2.30. The van der Waals surface area contributed by atoms with Crippen molar-refractivity contribution in [3.63, 3.8) is 0 Å². The topological polar surface area (TPSA) is 61.8 Å². The summed E-state index contributed by atoms with van der Waals surface area (Å²) in [6.07, 6.45) is 4.60. The zero-order chi connectivity index (χ0) is 10.4. The minimum atomic E-state index is 0.335. The monoisotopic (exact) mass is 199 g/mol. The Morgan fingerprint density at radius 2 is 2.21 bits per heavy atom. The predicted octanol–water partition coefficient (Wildman–Crippen LogP) is 1.24. The Balaban J connectivity index is 2.19. The number of amidine groups is 1. The molecule has 1 fully saturated rings. The van der Waals surface area contributed by atoms with Crippen molar-refractivity contribution in [1.82, 2.24) is 4.90 Å². The number of oxime groups is 1. The van der Waals surface area contributed by atoms with Crippen molar-refractivity contribution in [2.45, 2.75) is 32.6 Å². The van der Waals surface area contributed by atoms with Crippen molar-refractivity contribution < 1.29 is 5.21 Å². The first-order chi connectivity index (χ1) is 6.76. The normalized spacial score (nSPS) is 17.7. The van der Waals surface area contributed by atoms with Crippen LogP contribution in [0.3, 0.4) is 0 Å². The molecule has 1 rings (SSSR count). The van der Waals surface area contributed by atoms with Gasteiger partial charge in [-0.2, -0.15) is 0 Å². The van der Waals surface area contributed by atoms with Gasteiger partial charge < -0.3 is 15.8 Å². The number of hydrogen-bond donors (Lipinski definition) is 2.